The van der Waals surface area contributed by atoms with Gasteiger partial charge in [-0.2, -0.15) is 0 Å². The zero-order chi connectivity index (χ0) is 18.5. The predicted octanol–water partition coefficient (Wildman–Crippen LogP) is 3.56. The molecule has 1 heterocycles. The average Bonchev–Trinajstić information content (AvgIpc) is 3.22. The van der Waals surface area contributed by atoms with Crippen molar-refractivity contribution in [2.45, 2.75) is 12.8 Å². The van der Waals surface area contributed by atoms with Gasteiger partial charge in [0.1, 0.15) is 0 Å². The second-order valence-electron chi connectivity index (χ2n) is 6.11. The van der Waals surface area contributed by atoms with E-state index in [-0.39, 0.29) is 5.91 Å². The molecule has 1 amide bonds. The first-order valence-corrected chi connectivity index (χ1v) is 8.62. The number of nitrogens with zero attached hydrogens (tertiary/aromatic N) is 1. The lowest BCUT2D eigenvalue weighted by Crippen LogP contribution is -2.18. The highest BCUT2D eigenvalue weighted by Gasteiger charge is 2.16. The maximum absolute atomic E-state index is 12.6. The molecule has 6 nitrogen and oxygen atoms in total. The Bertz CT molecular complexity index is 743. The van der Waals surface area contributed by atoms with Gasteiger partial charge in [0.25, 0.3) is 5.91 Å². The number of carbonyl (C=O) groups excluding carboxylic acids is 1. The lowest BCUT2D eigenvalue weighted by Gasteiger charge is -2.18. The van der Waals surface area contributed by atoms with Gasteiger partial charge in [-0.05, 0) is 37.1 Å². The number of hydrogen-bond donors (Lipinski definition) is 1. The van der Waals surface area contributed by atoms with Crippen LogP contribution in [0.1, 0.15) is 23.2 Å². The number of methoxy groups -OCH3 is 3. The molecule has 138 valence electrons. The highest BCUT2D eigenvalue weighted by molar-refractivity contribution is 6.04. The molecule has 2 aromatic rings. The fourth-order valence-corrected chi connectivity index (χ4v) is 3.16. The number of benzene rings is 2. The van der Waals surface area contributed by atoms with Crippen LogP contribution in [0.5, 0.6) is 17.2 Å². The Labute approximate surface area is 153 Å². The van der Waals surface area contributed by atoms with Crippen LogP contribution < -0.4 is 24.4 Å². The first-order valence-electron chi connectivity index (χ1n) is 8.62. The van der Waals surface area contributed by atoms with Crippen molar-refractivity contribution >= 4 is 17.3 Å². The highest BCUT2D eigenvalue weighted by atomic mass is 16.5. The summed E-state index contributed by atoms with van der Waals surface area (Å²) in [6.45, 7) is 2.16. The van der Waals surface area contributed by atoms with Crippen LogP contribution in [-0.4, -0.2) is 40.3 Å². The van der Waals surface area contributed by atoms with E-state index in [9.17, 15) is 4.79 Å². The zero-order valence-corrected chi connectivity index (χ0v) is 15.4. The molecule has 6 heteroatoms. The summed E-state index contributed by atoms with van der Waals surface area (Å²) in [4.78, 5) is 14.9. The maximum Gasteiger partial charge on any atom is 0.255 e. The van der Waals surface area contributed by atoms with Gasteiger partial charge in [-0.15, -0.1) is 0 Å². The Morgan fingerprint density at radius 1 is 0.923 bits per heavy atom. The summed E-state index contributed by atoms with van der Waals surface area (Å²) in [5.74, 6) is 1.29. The number of hydrogen-bond acceptors (Lipinski definition) is 5. The Morgan fingerprint density at radius 2 is 1.50 bits per heavy atom. The van der Waals surface area contributed by atoms with Gasteiger partial charge in [0.05, 0.1) is 21.3 Å². The Hall–Kier alpha value is -2.89. The molecule has 26 heavy (non-hydrogen) atoms. The summed E-state index contributed by atoms with van der Waals surface area (Å²) in [6.07, 6.45) is 2.45. The second kappa shape index (κ2) is 7.99. The maximum atomic E-state index is 12.6. The molecular formula is C20H24N2O4. The van der Waals surface area contributed by atoms with Gasteiger partial charge in [-0.25, -0.2) is 0 Å². The molecule has 1 aliphatic heterocycles. The predicted molar refractivity (Wildman–Crippen MR) is 102 cm³/mol. The number of anilines is 2. The molecule has 1 aliphatic rings. The summed E-state index contributed by atoms with van der Waals surface area (Å²) in [5, 5.41) is 2.88. The molecule has 0 saturated carbocycles. The number of ether oxygens (including phenoxy) is 3. The third-order valence-corrected chi connectivity index (χ3v) is 4.52. The van der Waals surface area contributed by atoms with Crippen LogP contribution >= 0.6 is 0 Å². The van der Waals surface area contributed by atoms with Crippen LogP contribution in [0, 0.1) is 0 Å². The fourth-order valence-electron chi connectivity index (χ4n) is 3.16. The molecule has 0 bridgehead atoms. The Balaban J connectivity index is 1.77. The van der Waals surface area contributed by atoms with Crippen molar-refractivity contribution < 1.29 is 19.0 Å². The molecule has 0 radical (unpaired) electrons. The van der Waals surface area contributed by atoms with Gasteiger partial charge >= 0.3 is 0 Å². The third-order valence-electron chi connectivity index (χ3n) is 4.52. The van der Waals surface area contributed by atoms with E-state index in [0.717, 1.165) is 18.8 Å². The third kappa shape index (κ3) is 3.69. The molecule has 0 aliphatic carbocycles. The van der Waals surface area contributed by atoms with Crippen molar-refractivity contribution in [2.75, 3.05) is 44.6 Å². The summed E-state index contributed by atoms with van der Waals surface area (Å²) in [7, 11) is 4.63. The average molecular weight is 356 g/mol. The molecule has 1 N–H and O–H groups in total. The molecule has 3 rings (SSSR count). The number of carbonyl (C=O) groups is 1. The number of amides is 1. The van der Waals surface area contributed by atoms with Crippen molar-refractivity contribution in [2.24, 2.45) is 0 Å². The van der Waals surface area contributed by atoms with Gasteiger partial charge in [-0.1, -0.05) is 0 Å². The molecule has 1 fully saturated rings. The first-order chi connectivity index (χ1) is 12.7. The summed E-state index contributed by atoms with van der Waals surface area (Å²) in [5.41, 5.74) is 2.33. The largest absolute Gasteiger partial charge is 0.493 e. The number of rotatable bonds is 6. The molecule has 0 spiro atoms. The molecule has 0 aromatic heterocycles. The Morgan fingerprint density at radius 3 is 2.00 bits per heavy atom. The van der Waals surface area contributed by atoms with Crippen molar-refractivity contribution in [1.29, 1.82) is 0 Å². The van der Waals surface area contributed by atoms with E-state index >= 15 is 0 Å². The van der Waals surface area contributed by atoms with Crippen molar-refractivity contribution in [3.8, 4) is 17.2 Å². The molecule has 0 atom stereocenters. The minimum absolute atomic E-state index is 0.188. The number of nitrogens with one attached hydrogen (secondary N) is 1. The summed E-state index contributed by atoms with van der Waals surface area (Å²) < 4.78 is 15.9. The molecule has 0 unspecified atom stereocenters. The van der Waals surface area contributed by atoms with Gasteiger partial charge in [0.2, 0.25) is 5.75 Å². The lowest BCUT2D eigenvalue weighted by atomic mass is 10.1. The van der Waals surface area contributed by atoms with Crippen LogP contribution in [-0.2, 0) is 0 Å². The van der Waals surface area contributed by atoms with Gasteiger partial charge in [0, 0.05) is 42.2 Å². The van der Waals surface area contributed by atoms with Gasteiger partial charge < -0.3 is 24.4 Å². The van der Waals surface area contributed by atoms with E-state index in [4.69, 9.17) is 14.2 Å². The summed E-state index contributed by atoms with van der Waals surface area (Å²) >= 11 is 0. The normalized spacial score (nSPS) is 13.4. The lowest BCUT2D eigenvalue weighted by molar-refractivity contribution is 0.102. The van der Waals surface area contributed by atoms with Crippen molar-refractivity contribution in [3.05, 3.63) is 42.0 Å². The quantitative estimate of drug-likeness (QED) is 0.857. The molecule has 2 aromatic carbocycles. The van der Waals surface area contributed by atoms with E-state index in [0.29, 0.717) is 28.5 Å². The van der Waals surface area contributed by atoms with E-state index in [1.165, 1.54) is 12.8 Å². The van der Waals surface area contributed by atoms with E-state index in [1.807, 2.05) is 24.3 Å². The van der Waals surface area contributed by atoms with E-state index in [1.54, 1.807) is 33.5 Å². The zero-order valence-electron chi connectivity index (χ0n) is 15.4. The monoisotopic (exact) mass is 356 g/mol. The molecule has 1 saturated heterocycles. The summed E-state index contributed by atoms with van der Waals surface area (Å²) in [6, 6.07) is 11.1. The standard InChI is InChI=1S/C20H24N2O4/c1-24-17-12-15(13-18(25-2)19(17)26-3)21-20(23)14-6-8-16(9-7-14)22-10-4-5-11-22/h6-9,12-13H,4-5,10-11H2,1-3H3,(H,21,23). The molecular weight excluding hydrogens is 332 g/mol. The second-order valence-corrected chi connectivity index (χ2v) is 6.11. The van der Waals surface area contributed by atoms with E-state index < -0.39 is 0 Å². The van der Waals surface area contributed by atoms with Crippen LogP contribution in [0.15, 0.2) is 36.4 Å². The van der Waals surface area contributed by atoms with Crippen LogP contribution in [0.3, 0.4) is 0 Å². The van der Waals surface area contributed by atoms with Crippen LogP contribution in [0.4, 0.5) is 11.4 Å². The first kappa shape index (κ1) is 17.9. The Kier molecular flexibility index (Phi) is 5.51. The van der Waals surface area contributed by atoms with Gasteiger partial charge in [0.15, 0.2) is 11.5 Å². The van der Waals surface area contributed by atoms with Crippen molar-refractivity contribution in [1.82, 2.24) is 0 Å². The van der Waals surface area contributed by atoms with E-state index in [2.05, 4.69) is 10.2 Å². The van der Waals surface area contributed by atoms with Crippen LogP contribution in [0.25, 0.3) is 0 Å². The smallest absolute Gasteiger partial charge is 0.255 e. The minimum Gasteiger partial charge on any atom is -0.493 e. The van der Waals surface area contributed by atoms with Gasteiger partial charge in [-0.3, -0.25) is 4.79 Å². The highest BCUT2D eigenvalue weighted by Crippen LogP contribution is 2.40. The van der Waals surface area contributed by atoms with Crippen molar-refractivity contribution in [3.63, 3.8) is 0 Å². The fraction of sp³-hybridized carbons (Fsp3) is 0.350. The SMILES string of the molecule is COc1cc(NC(=O)c2ccc(N3CCCC3)cc2)cc(OC)c1OC. The topological polar surface area (TPSA) is 60.0 Å². The van der Waals surface area contributed by atoms with Crippen LogP contribution in [0.2, 0.25) is 0 Å². The minimum atomic E-state index is -0.188.